The fraction of sp³-hybridized carbons (Fsp3) is 0.409. The molecule has 132 valence electrons. The normalized spacial score (nSPS) is 18.2. The first-order chi connectivity index (χ1) is 11.8. The number of nitrogens with one attached hydrogen (secondary N) is 1. The Morgan fingerprint density at radius 2 is 1.80 bits per heavy atom. The number of rotatable bonds is 4. The van der Waals surface area contributed by atoms with Crippen LogP contribution >= 0.6 is 0 Å². The van der Waals surface area contributed by atoms with Crippen LogP contribution in [0.5, 0.6) is 0 Å². The molecule has 0 saturated carbocycles. The number of fused-ring (bicyclic) bond motifs is 1. The molecule has 2 aromatic rings. The monoisotopic (exact) mass is 337 g/mol. The summed E-state index contributed by atoms with van der Waals surface area (Å²) in [6, 6.07) is 15.1. The van der Waals surface area contributed by atoms with Gasteiger partial charge in [0.1, 0.15) is 0 Å². The van der Waals surface area contributed by atoms with Crippen molar-refractivity contribution < 1.29 is 9.90 Å². The summed E-state index contributed by atoms with van der Waals surface area (Å²) in [4.78, 5) is 11.1. The van der Waals surface area contributed by atoms with Gasteiger partial charge in [0, 0.05) is 0 Å². The van der Waals surface area contributed by atoms with Gasteiger partial charge in [-0.05, 0) is 52.0 Å². The molecule has 2 N–H and O–H groups in total. The van der Waals surface area contributed by atoms with Crippen LogP contribution in [-0.4, -0.2) is 11.2 Å². The van der Waals surface area contributed by atoms with Gasteiger partial charge in [0.15, 0.2) is 0 Å². The molecule has 1 aliphatic rings. The van der Waals surface area contributed by atoms with Crippen molar-refractivity contribution in [2.45, 2.75) is 46.6 Å². The molecule has 0 saturated heterocycles. The third kappa shape index (κ3) is 3.71. The predicted molar refractivity (Wildman–Crippen MR) is 102 cm³/mol. The highest BCUT2D eigenvalue weighted by atomic mass is 16.4. The molecule has 3 heteroatoms. The van der Waals surface area contributed by atoms with Crippen molar-refractivity contribution in [1.82, 2.24) is 5.32 Å². The number of hydrogen-bond acceptors (Lipinski definition) is 1. The number of amides is 1. The van der Waals surface area contributed by atoms with E-state index in [0.717, 1.165) is 18.4 Å². The van der Waals surface area contributed by atoms with Crippen LogP contribution in [-0.2, 0) is 12.8 Å². The summed E-state index contributed by atoms with van der Waals surface area (Å²) < 4.78 is 0. The van der Waals surface area contributed by atoms with E-state index in [4.69, 9.17) is 5.11 Å². The van der Waals surface area contributed by atoms with E-state index in [2.05, 4.69) is 75.5 Å². The highest BCUT2D eigenvalue weighted by Crippen LogP contribution is 2.46. The van der Waals surface area contributed by atoms with E-state index in [1.165, 1.54) is 22.3 Å². The summed E-state index contributed by atoms with van der Waals surface area (Å²) in [6.45, 7) is 8.71. The summed E-state index contributed by atoms with van der Waals surface area (Å²) in [5.41, 5.74) is 6.01. The van der Waals surface area contributed by atoms with Crippen LogP contribution < -0.4 is 5.32 Å². The number of carboxylic acid groups (broad SMARTS) is 1. The number of benzene rings is 2. The molecule has 0 spiro atoms. The van der Waals surface area contributed by atoms with E-state index < -0.39 is 6.09 Å². The van der Waals surface area contributed by atoms with E-state index in [1.807, 2.05) is 0 Å². The van der Waals surface area contributed by atoms with Gasteiger partial charge < -0.3 is 10.4 Å². The molecule has 0 fully saturated rings. The average molecular weight is 337 g/mol. The van der Waals surface area contributed by atoms with Crippen molar-refractivity contribution in [2.24, 2.45) is 11.3 Å². The highest BCUT2D eigenvalue weighted by Gasteiger charge is 2.39. The summed E-state index contributed by atoms with van der Waals surface area (Å²) in [7, 11) is 0. The molecule has 1 amide bonds. The van der Waals surface area contributed by atoms with Gasteiger partial charge in [-0.3, -0.25) is 0 Å². The smallest absolute Gasteiger partial charge is 0.405 e. The zero-order chi connectivity index (χ0) is 18.2. The molecule has 0 radical (unpaired) electrons. The fourth-order valence-corrected chi connectivity index (χ4v) is 3.94. The lowest BCUT2D eigenvalue weighted by atomic mass is 9.85. The van der Waals surface area contributed by atoms with E-state index >= 15 is 0 Å². The lowest BCUT2D eigenvalue weighted by Crippen LogP contribution is -2.34. The maximum atomic E-state index is 11.1. The van der Waals surface area contributed by atoms with Gasteiger partial charge in [0.05, 0.1) is 6.04 Å². The van der Waals surface area contributed by atoms with Crippen molar-refractivity contribution in [3.05, 3.63) is 59.2 Å². The van der Waals surface area contributed by atoms with Gasteiger partial charge in [0.2, 0.25) is 0 Å². The second-order valence-electron chi connectivity index (χ2n) is 8.26. The minimum atomic E-state index is -0.962. The minimum absolute atomic E-state index is 0.111. The van der Waals surface area contributed by atoms with Crippen LogP contribution in [0.15, 0.2) is 42.5 Å². The summed E-state index contributed by atoms with van der Waals surface area (Å²) in [5.74, 6) is 0.659. The first-order valence-corrected chi connectivity index (χ1v) is 8.98. The topological polar surface area (TPSA) is 49.3 Å². The van der Waals surface area contributed by atoms with E-state index in [-0.39, 0.29) is 11.5 Å². The molecule has 0 heterocycles. The van der Waals surface area contributed by atoms with Gasteiger partial charge in [-0.15, -0.1) is 0 Å². The Morgan fingerprint density at radius 3 is 2.40 bits per heavy atom. The minimum Gasteiger partial charge on any atom is -0.465 e. The van der Waals surface area contributed by atoms with Gasteiger partial charge >= 0.3 is 6.09 Å². The second-order valence-corrected chi connectivity index (χ2v) is 8.26. The maximum Gasteiger partial charge on any atom is 0.405 e. The Balaban J connectivity index is 1.88. The van der Waals surface area contributed by atoms with Gasteiger partial charge in [-0.1, -0.05) is 70.2 Å². The molecular formula is C22H27NO2. The van der Waals surface area contributed by atoms with Crippen LogP contribution in [0.4, 0.5) is 4.79 Å². The molecular weight excluding hydrogens is 310 g/mol. The molecule has 2 aromatic carbocycles. The average Bonchev–Trinajstić information content (AvgIpc) is 2.76. The van der Waals surface area contributed by atoms with Gasteiger partial charge in [0.25, 0.3) is 0 Å². The van der Waals surface area contributed by atoms with Crippen LogP contribution in [0.1, 0.15) is 50.4 Å². The fourth-order valence-electron chi connectivity index (χ4n) is 3.94. The first-order valence-electron chi connectivity index (χ1n) is 8.98. The SMILES string of the molecule is CC(C)Cc1ccc(-c2ccc3c(c2)CC(C)(C)[C@H]3NC(=O)O)cc1. The maximum absolute atomic E-state index is 11.1. The molecule has 3 rings (SSSR count). The molecule has 0 unspecified atom stereocenters. The second kappa shape index (κ2) is 6.55. The standard InChI is InChI=1S/C22H27NO2/c1-14(2)11-15-5-7-16(8-6-15)17-9-10-19-18(12-17)13-22(3,4)20(19)23-21(24)25/h5-10,12,14,20,23H,11,13H2,1-4H3,(H,24,25)/t20-/m0/s1. The Kier molecular flexibility index (Phi) is 4.59. The predicted octanol–water partition coefficient (Wildman–Crippen LogP) is 5.44. The Labute approximate surface area is 150 Å². The van der Waals surface area contributed by atoms with Crippen molar-refractivity contribution in [3.63, 3.8) is 0 Å². The third-order valence-electron chi connectivity index (χ3n) is 5.08. The van der Waals surface area contributed by atoms with Gasteiger partial charge in [-0.2, -0.15) is 0 Å². The van der Waals surface area contributed by atoms with E-state index in [1.54, 1.807) is 0 Å². The van der Waals surface area contributed by atoms with Crippen LogP contribution in [0.3, 0.4) is 0 Å². The molecule has 0 aromatic heterocycles. The molecule has 0 aliphatic heterocycles. The zero-order valence-corrected chi connectivity index (χ0v) is 15.5. The van der Waals surface area contributed by atoms with Crippen molar-refractivity contribution in [1.29, 1.82) is 0 Å². The molecule has 25 heavy (non-hydrogen) atoms. The largest absolute Gasteiger partial charge is 0.465 e. The molecule has 1 aliphatic carbocycles. The Bertz CT molecular complexity index is 775. The zero-order valence-electron chi connectivity index (χ0n) is 15.5. The van der Waals surface area contributed by atoms with Crippen LogP contribution in [0, 0.1) is 11.3 Å². The third-order valence-corrected chi connectivity index (χ3v) is 5.08. The summed E-state index contributed by atoms with van der Waals surface area (Å²) in [5, 5.41) is 11.8. The lowest BCUT2D eigenvalue weighted by molar-refractivity contribution is 0.175. The Hall–Kier alpha value is -2.29. The molecule has 0 bridgehead atoms. The summed E-state index contributed by atoms with van der Waals surface area (Å²) in [6.07, 6.45) is 1.02. The quantitative estimate of drug-likeness (QED) is 0.780. The number of carbonyl (C=O) groups is 1. The van der Waals surface area contributed by atoms with E-state index in [0.29, 0.717) is 5.92 Å². The van der Waals surface area contributed by atoms with Crippen molar-refractivity contribution in [2.75, 3.05) is 0 Å². The van der Waals surface area contributed by atoms with Crippen molar-refractivity contribution in [3.8, 4) is 11.1 Å². The van der Waals surface area contributed by atoms with Gasteiger partial charge in [-0.25, -0.2) is 4.79 Å². The van der Waals surface area contributed by atoms with Crippen LogP contribution in [0.25, 0.3) is 11.1 Å². The summed E-state index contributed by atoms with van der Waals surface area (Å²) >= 11 is 0. The van der Waals surface area contributed by atoms with E-state index in [9.17, 15) is 4.79 Å². The highest BCUT2D eigenvalue weighted by molar-refractivity contribution is 5.68. The Morgan fingerprint density at radius 1 is 1.16 bits per heavy atom. The lowest BCUT2D eigenvalue weighted by Gasteiger charge is -2.27. The molecule has 3 nitrogen and oxygen atoms in total. The first kappa shape index (κ1) is 17.5. The van der Waals surface area contributed by atoms with Crippen LogP contribution in [0.2, 0.25) is 0 Å². The molecule has 1 atom stereocenters. The number of hydrogen-bond donors (Lipinski definition) is 2. The van der Waals surface area contributed by atoms with Crippen molar-refractivity contribution >= 4 is 6.09 Å².